The molecule has 16 heavy (non-hydrogen) atoms. The van der Waals surface area contributed by atoms with E-state index in [1.165, 1.54) is 0 Å². The summed E-state index contributed by atoms with van der Waals surface area (Å²) in [5.41, 5.74) is 1.96. The first-order valence-electron chi connectivity index (χ1n) is 5.32. The molecule has 1 rings (SSSR count). The summed E-state index contributed by atoms with van der Waals surface area (Å²) in [5.74, 6) is -0.794. The monoisotopic (exact) mass is 240 g/mol. The van der Waals surface area contributed by atoms with Crippen LogP contribution in [0.15, 0.2) is 18.2 Å². The summed E-state index contributed by atoms with van der Waals surface area (Å²) in [6, 6.07) is 5.82. The van der Waals surface area contributed by atoms with E-state index in [9.17, 15) is 4.79 Å². The van der Waals surface area contributed by atoms with E-state index >= 15 is 0 Å². The SMILES string of the molecule is CC(C)(C)c1cccc(CCC(=O)O)c1Cl. The average Bonchev–Trinajstić information content (AvgIpc) is 2.14. The molecule has 0 saturated heterocycles. The van der Waals surface area contributed by atoms with Crippen molar-refractivity contribution < 1.29 is 9.90 Å². The number of carboxylic acids is 1. The molecule has 0 heterocycles. The molecule has 0 aromatic heterocycles. The molecule has 0 amide bonds. The zero-order valence-electron chi connectivity index (χ0n) is 9.88. The molecule has 3 heteroatoms. The molecule has 1 N–H and O–H groups in total. The van der Waals surface area contributed by atoms with Crippen LogP contribution in [0.1, 0.15) is 38.3 Å². The lowest BCUT2D eigenvalue weighted by Gasteiger charge is -2.22. The molecule has 1 aromatic carbocycles. The first-order chi connectivity index (χ1) is 7.32. The van der Waals surface area contributed by atoms with Gasteiger partial charge >= 0.3 is 5.97 Å². The number of carboxylic acid groups (broad SMARTS) is 1. The number of aryl methyl sites for hydroxylation is 1. The maximum Gasteiger partial charge on any atom is 0.303 e. The summed E-state index contributed by atoms with van der Waals surface area (Å²) in [4.78, 5) is 10.5. The van der Waals surface area contributed by atoms with Crippen molar-refractivity contribution in [1.82, 2.24) is 0 Å². The molecular weight excluding hydrogens is 224 g/mol. The number of hydrogen-bond donors (Lipinski definition) is 1. The van der Waals surface area contributed by atoms with E-state index in [-0.39, 0.29) is 11.8 Å². The van der Waals surface area contributed by atoms with Crippen LogP contribution in [-0.4, -0.2) is 11.1 Å². The highest BCUT2D eigenvalue weighted by Crippen LogP contribution is 2.32. The van der Waals surface area contributed by atoms with E-state index in [1.54, 1.807) is 0 Å². The molecule has 0 aliphatic rings. The minimum atomic E-state index is -0.794. The van der Waals surface area contributed by atoms with E-state index in [2.05, 4.69) is 20.8 Å². The Balaban J connectivity index is 3.00. The Kier molecular flexibility index (Phi) is 3.98. The lowest BCUT2D eigenvalue weighted by Crippen LogP contribution is -2.12. The summed E-state index contributed by atoms with van der Waals surface area (Å²) in [6.45, 7) is 6.28. The molecule has 0 unspecified atom stereocenters. The first kappa shape index (κ1) is 13.0. The van der Waals surface area contributed by atoms with Crippen molar-refractivity contribution in [3.05, 3.63) is 34.3 Å². The molecule has 0 spiro atoms. The van der Waals surface area contributed by atoms with Crippen molar-refractivity contribution in [3.63, 3.8) is 0 Å². The van der Waals surface area contributed by atoms with Crippen LogP contribution >= 0.6 is 11.6 Å². The van der Waals surface area contributed by atoms with Crippen LogP contribution in [0.4, 0.5) is 0 Å². The number of benzene rings is 1. The summed E-state index contributed by atoms with van der Waals surface area (Å²) >= 11 is 6.28. The molecule has 0 radical (unpaired) electrons. The Bertz CT molecular complexity index is 391. The largest absolute Gasteiger partial charge is 0.481 e. The van der Waals surface area contributed by atoms with Crippen LogP contribution in [-0.2, 0) is 16.6 Å². The smallest absolute Gasteiger partial charge is 0.303 e. The van der Waals surface area contributed by atoms with Crippen molar-refractivity contribution in [2.45, 2.75) is 39.0 Å². The zero-order valence-corrected chi connectivity index (χ0v) is 10.6. The maximum atomic E-state index is 10.5. The van der Waals surface area contributed by atoms with Gasteiger partial charge in [0.25, 0.3) is 0 Å². The lowest BCUT2D eigenvalue weighted by atomic mass is 9.85. The summed E-state index contributed by atoms with van der Waals surface area (Å²) < 4.78 is 0. The third-order valence-electron chi connectivity index (χ3n) is 2.49. The average molecular weight is 241 g/mol. The second-order valence-electron chi connectivity index (χ2n) is 4.92. The standard InChI is InChI=1S/C13H17ClO2/c1-13(2,3)10-6-4-5-9(12(10)14)7-8-11(15)16/h4-6H,7-8H2,1-3H3,(H,15,16). The maximum absolute atomic E-state index is 10.5. The van der Waals surface area contributed by atoms with Crippen LogP contribution in [0.3, 0.4) is 0 Å². The molecule has 0 atom stereocenters. The molecule has 0 bridgehead atoms. The Labute approximate surface area is 101 Å². The van der Waals surface area contributed by atoms with Crippen molar-refractivity contribution in [1.29, 1.82) is 0 Å². The van der Waals surface area contributed by atoms with Crippen LogP contribution in [0.2, 0.25) is 5.02 Å². The van der Waals surface area contributed by atoms with Crippen molar-refractivity contribution in [3.8, 4) is 0 Å². The minimum absolute atomic E-state index is 0.0175. The fraction of sp³-hybridized carbons (Fsp3) is 0.462. The van der Waals surface area contributed by atoms with Crippen LogP contribution in [0.5, 0.6) is 0 Å². The van der Waals surface area contributed by atoms with Gasteiger partial charge in [0.15, 0.2) is 0 Å². The fourth-order valence-corrected chi connectivity index (χ4v) is 2.10. The quantitative estimate of drug-likeness (QED) is 0.876. The zero-order chi connectivity index (χ0) is 12.3. The second-order valence-corrected chi connectivity index (χ2v) is 5.30. The van der Waals surface area contributed by atoms with Gasteiger partial charge in [-0.25, -0.2) is 0 Å². The van der Waals surface area contributed by atoms with Crippen LogP contribution in [0, 0.1) is 0 Å². The van der Waals surface area contributed by atoms with Crippen LogP contribution in [0.25, 0.3) is 0 Å². The van der Waals surface area contributed by atoms with Gasteiger partial charge in [0.1, 0.15) is 0 Å². The highest BCUT2D eigenvalue weighted by atomic mass is 35.5. The predicted molar refractivity (Wildman–Crippen MR) is 66.1 cm³/mol. The third-order valence-corrected chi connectivity index (χ3v) is 2.94. The van der Waals surface area contributed by atoms with E-state index < -0.39 is 5.97 Å². The van der Waals surface area contributed by atoms with Gasteiger partial charge in [0.05, 0.1) is 0 Å². The second kappa shape index (κ2) is 4.88. The topological polar surface area (TPSA) is 37.3 Å². The summed E-state index contributed by atoms with van der Waals surface area (Å²) in [6.07, 6.45) is 0.603. The number of rotatable bonds is 3. The van der Waals surface area contributed by atoms with E-state index in [0.29, 0.717) is 11.4 Å². The fourth-order valence-electron chi connectivity index (χ4n) is 1.59. The number of halogens is 1. The van der Waals surface area contributed by atoms with Gasteiger partial charge in [0.2, 0.25) is 0 Å². The van der Waals surface area contributed by atoms with Gasteiger partial charge in [0, 0.05) is 11.4 Å². The van der Waals surface area contributed by atoms with Crippen molar-refractivity contribution in [2.24, 2.45) is 0 Å². The Morgan fingerprint density at radius 2 is 2.00 bits per heavy atom. The highest BCUT2D eigenvalue weighted by Gasteiger charge is 2.18. The number of aliphatic carboxylic acids is 1. The Morgan fingerprint density at radius 1 is 1.38 bits per heavy atom. The molecule has 2 nitrogen and oxygen atoms in total. The molecule has 0 aliphatic heterocycles. The molecule has 1 aromatic rings. The third kappa shape index (κ3) is 3.24. The highest BCUT2D eigenvalue weighted by molar-refractivity contribution is 6.32. The molecule has 0 aliphatic carbocycles. The van der Waals surface area contributed by atoms with Crippen LogP contribution < -0.4 is 0 Å². The van der Waals surface area contributed by atoms with Gasteiger partial charge in [-0.2, -0.15) is 0 Å². The number of hydrogen-bond acceptors (Lipinski definition) is 1. The van der Waals surface area contributed by atoms with E-state index in [4.69, 9.17) is 16.7 Å². The van der Waals surface area contributed by atoms with Gasteiger partial charge in [-0.1, -0.05) is 50.6 Å². The molecule has 88 valence electrons. The first-order valence-corrected chi connectivity index (χ1v) is 5.70. The van der Waals surface area contributed by atoms with Gasteiger partial charge in [-0.05, 0) is 23.0 Å². The van der Waals surface area contributed by atoms with Gasteiger partial charge in [-0.3, -0.25) is 4.79 Å². The summed E-state index contributed by atoms with van der Waals surface area (Å²) in [7, 11) is 0. The normalized spacial score (nSPS) is 11.5. The lowest BCUT2D eigenvalue weighted by molar-refractivity contribution is -0.136. The molecule has 0 fully saturated rings. The Hall–Kier alpha value is -1.02. The van der Waals surface area contributed by atoms with E-state index in [0.717, 1.165) is 11.1 Å². The molecule has 0 saturated carbocycles. The van der Waals surface area contributed by atoms with E-state index in [1.807, 2.05) is 18.2 Å². The van der Waals surface area contributed by atoms with Crippen molar-refractivity contribution >= 4 is 17.6 Å². The van der Waals surface area contributed by atoms with Gasteiger partial charge in [-0.15, -0.1) is 0 Å². The number of carbonyl (C=O) groups is 1. The summed E-state index contributed by atoms with van der Waals surface area (Å²) in [5, 5.41) is 9.36. The molecular formula is C13H17ClO2. The predicted octanol–water partition coefficient (Wildman–Crippen LogP) is 3.65. The van der Waals surface area contributed by atoms with Gasteiger partial charge < -0.3 is 5.11 Å². The Morgan fingerprint density at radius 3 is 2.50 bits per heavy atom. The minimum Gasteiger partial charge on any atom is -0.481 e. The van der Waals surface area contributed by atoms with Crippen molar-refractivity contribution in [2.75, 3.05) is 0 Å².